The maximum atomic E-state index is 13.7. The van der Waals surface area contributed by atoms with E-state index < -0.39 is 17.7 Å². The lowest BCUT2D eigenvalue weighted by Crippen LogP contribution is -2.40. The molecule has 6 nitrogen and oxygen atoms in total. The minimum atomic E-state index is -0.907. The number of halogens is 2. The van der Waals surface area contributed by atoms with Gasteiger partial charge >= 0.3 is 0 Å². The number of amides is 2. The van der Waals surface area contributed by atoms with Gasteiger partial charge in [-0.25, -0.2) is 8.78 Å². The van der Waals surface area contributed by atoms with Gasteiger partial charge < -0.3 is 20.7 Å². The van der Waals surface area contributed by atoms with Crippen LogP contribution in [-0.4, -0.2) is 36.4 Å². The Hall–Kier alpha value is -3.00. The minimum Gasteiger partial charge on any atom is -0.497 e. The summed E-state index contributed by atoms with van der Waals surface area (Å²) in [5.74, 6) is -1.94. The number of carbonyl (C=O) groups is 2. The van der Waals surface area contributed by atoms with E-state index >= 15 is 0 Å². The Morgan fingerprint density at radius 3 is 2.77 bits per heavy atom. The molecule has 1 aliphatic carbocycles. The zero-order valence-corrected chi connectivity index (χ0v) is 16.6. The van der Waals surface area contributed by atoms with Gasteiger partial charge in [0.25, 0.3) is 0 Å². The molecule has 2 atom stereocenters. The summed E-state index contributed by atoms with van der Waals surface area (Å²) in [4.78, 5) is 26.7. The van der Waals surface area contributed by atoms with Crippen LogP contribution < -0.4 is 15.8 Å². The summed E-state index contributed by atoms with van der Waals surface area (Å²) in [6, 6.07) is 7.15. The van der Waals surface area contributed by atoms with E-state index in [2.05, 4.69) is 5.32 Å². The van der Waals surface area contributed by atoms with Gasteiger partial charge in [-0.3, -0.25) is 9.59 Å². The fourth-order valence-electron chi connectivity index (χ4n) is 4.29. The van der Waals surface area contributed by atoms with E-state index in [1.165, 1.54) is 17.0 Å². The predicted molar refractivity (Wildman–Crippen MR) is 107 cm³/mol. The van der Waals surface area contributed by atoms with E-state index in [0.29, 0.717) is 29.8 Å². The lowest BCUT2D eigenvalue weighted by atomic mass is 9.91. The number of hydrogen-bond donors (Lipinski definition) is 2. The van der Waals surface area contributed by atoms with Gasteiger partial charge in [0.1, 0.15) is 12.3 Å². The third-order valence-corrected chi connectivity index (χ3v) is 5.87. The molecule has 4 rings (SSSR count). The molecule has 0 spiro atoms. The summed E-state index contributed by atoms with van der Waals surface area (Å²) < 4.78 is 32.4. The lowest BCUT2D eigenvalue weighted by molar-refractivity contribution is -0.135. The van der Waals surface area contributed by atoms with Crippen LogP contribution in [-0.2, 0) is 22.6 Å². The Morgan fingerprint density at radius 1 is 1.23 bits per heavy atom. The molecule has 30 heavy (non-hydrogen) atoms. The first-order chi connectivity index (χ1) is 14.4. The lowest BCUT2D eigenvalue weighted by Gasteiger charge is -2.25. The number of methoxy groups -OCH3 is 1. The van der Waals surface area contributed by atoms with E-state index in [1.807, 2.05) is 6.07 Å². The van der Waals surface area contributed by atoms with Crippen molar-refractivity contribution in [2.75, 3.05) is 19.0 Å². The van der Waals surface area contributed by atoms with Gasteiger partial charge in [-0.15, -0.1) is 0 Å². The Kier molecular flexibility index (Phi) is 5.42. The van der Waals surface area contributed by atoms with Crippen LogP contribution in [0.2, 0.25) is 0 Å². The van der Waals surface area contributed by atoms with Gasteiger partial charge in [0.05, 0.1) is 7.11 Å². The van der Waals surface area contributed by atoms with Crippen LogP contribution in [0.3, 0.4) is 0 Å². The van der Waals surface area contributed by atoms with Crippen LogP contribution in [0.5, 0.6) is 5.75 Å². The average molecular weight is 415 g/mol. The van der Waals surface area contributed by atoms with Crippen molar-refractivity contribution >= 4 is 17.5 Å². The third-order valence-electron chi connectivity index (χ3n) is 5.87. The minimum absolute atomic E-state index is 0.0157. The molecule has 158 valence electrons. The first-order valence-electron chi connectivity index (χ1n) is 9.83. The zero-order valence-electron chi connectivity index (χ0n) is 16.6. The van der Waals surface area contributed by atoms with E-state index in [0.717, 1.165) is 11.1 Å². The van der Waals surface area contributed by atoms with E-state index in [4.69, 9.17) is 10.5 Å². The van der Waals surface area contributed by atoms with Gasteiger partial charge in [0.2, 0.25) is 11.8 Å². The first kappa shape index (κ1) is 20.3. The van der Waals surface area contributed by atoms with Crippen molar-refractivity contribution in [2.45, 2.75) is 37.8 Å². The number of carbonyl (C=O) groups excluding carboxylic acids is 2. The Labute approximate surface area is 173 Å². The highest BCUT2D eigenvalue weighted by molar-refractivity contribution is 5.96. The molecule has 0 radical (unpaired) electrons. The van der Waals surface area contributed by atoms with Crippen molar-refractivity contribution in [3.05, 3.63) is 58.7 Å². The number of aryl methyl sites for hydroxylation is 1. The number of nitrogens with zero attached hydrogens (tertiary/aromatic N) is 1. The number of nitrogens with two attached hydrogens (primary N) is 1. The molecule has 2 aromatic carbocycles. The smallest absolute Gasteiger partial charge is 0.244 e. The van der Waals surface area contributed by atoms with Gasteiger partial charge in [0.15, 0.2) is 11.6 Å². The molecule has 3 N–H and O–H groups in total. The third kappa shape index (κ3) is 3.87. The summed E-state index contributed by atoms with van der Waals surface area (Å²) in [7, 11) is 1.54. The summed E-state index contributed by atoms with van der Waals surface area (Å²) in [6.45, 7) is 0.189. The standard InChI is InChI=1S/C22H23F2N3O3/c1-30-14-4-2-13-10-27(11-21(28)26-20(13)7-14)22(29)9-19(25)15-5-3-12-6-17(23)18(24)8-16(12)15/h2,4,6-8,15,19H,3,5,9-11,25H2,1H3,(H,26,28)/t15-,19-/m0/s1. The molecule has 0 aromatic heterocycles. The van der Waals surface area contributed by atoms with Crippen LogP contribution in [0.4, 0.5) is 14.5 Å². The van der Waals surface area contributed by atoms with Crippen LogP contribution in [0.1, 0.15) is 35.4 Å². The zero-order chi connectivity index (χ0) is 21.4. The van der Waals surface area contributed by atoms with Crippen LogP contribution in [0.15, 0.2) is 30.3 Å². The van der Waals surface area contributed by atoms with E-state index in [1.54, 1.807) is 19.2 Å². The Balaban J connectivity index is 1.49. The van der Waals surface area contributed by atoms with Crippen molar-refractivity contribution in [3.8, 4) is 5.75 Å². The first-order valence-corrected chi connectivity index (χ1v) is 9.83. The largest absolute Gasteiger partial charge is 0.497 e. The number of benzene rings is 2. The highest BCUT2D eigenvalue weighted by atomic mass is 19.2. The molecule has 2 amide bonds. The number of fused-ring (bicyclic) bond motifs is 2. The molecule has 0 saturated carbocycles. The summed E-state index contributed by atoms with van der Waals surface area (Å²) >= 11 is 0. The number of hydrogen-bond acceptors (Lipinski definition) is 4. The van der Waals surface area contributed by atoms with Crippen molar-refractivity contribution in [1.82, 2.24) is 4.90 Å². The van der Waals surface area contributed by atoms with Crippen molar-refractivity contribution in [2.24, 2.45) is 5.73 Å². The molecule has 2 aromatic rings. The van der Waals surface area contributed by atoms with Crippen LogP contribution in [0.25, 0.3) is 0 Å². The molecule has 0 bridgehead atoms. The van der Waals surface area contributed by atoms with E-state index in [9.17, 15) is 18.4 Å². The van der Waals surface area contributed by atoms with Crippen LogP contribution in [0, 0.1) is 11.6 Å². The second-order valence-electron chi connectivity index (χ2n) is 7.80. The van der Waals surface area contributed by atoms with Crippen molar-refractivity contribution in [3.63, 3.8) is 0 Å². The quantitative estimate of drug-likeness (QED) is 0.804. The molecule has 0 unspecified atom stereocenters. The maximum Gasteiger partial charge on any atom is 0.244 e. The van der Waals surface area contributed by atoms with Crippen molar-refractivity contribution < 1.29 is 23.1 Å². The molecule has 0 fully saturated rings. The predicted octanol–water partition coefficient (Wildman–Crippen LogP) is 2.70. The van der Waals surface area contributed by atoms with Gasteiger partial charge in [-0.1, -0.05) is 6.07 Å². The van der Waals surface area contributed by atoms with Gasteiger partial charge in [-0.2, -0.15) is 0 Å². The second kappa shape index (κ2) is 8.02. The van der Waals surface area contributed by atoms with E-state index in [-0.39, 0.29) is 37.2 Å². The summed E-state index contributed by atoms with van der Waals surface area (Å²) in [5.41, 5.74) is 9.13. The topological polar surface area (TPSA) is 84.7 Å². The molecular formula is C22H23F2N3O3. The fourth-order valence-corrected chi connectivity index (χ4v) is 4.29. The summed E-state index contributed by atoms with van der Waals surface area (Å²) in [6.07, 6.45) is 1.25. The molecule has 1 aliphatic heterocycles. The van der Waals surface area contributed by atoms with Gasteiger partial charge in [0, 0.05) is 36.7 Å². The highest BCUT2D eigenvalue weighted by Gasteiger charge is 2.32. The maximum absolute atomic E-state index is 13.7. The SMILES string of the molecule is COc1ccc2c(c1)NC(=O)CN(C(=O)C[C@H](N)[C@H]1CCc3cc(F)c(F)cc31)C2. The van der Waals surface area contributed by atoms with Gasteiger partial charge in [-0.05, 0) is 47.7 Å². The Morgan fingerprint density at radius 2 is 2.00 bits per heavy atom. The molecule has 0 saturated heterocycles. The molecule has 8 heteroatoms. The number of anilines is 1. The van der Waals surface area contributed by atoms with Crippen LogP contribution >= 0.6 is 0 Å². The number of ether oxygens (including phenoxy) is 1. The monoisotopic (exact) mass is 415 g/mol. The molecule has 2 aliphatic rings. The van der Waals surface area contributed by atoms with Crippen molar-refractivity contribution in [1.29, 1.82) is 0 Å². The number of rotatable bonds is 4. The Bertz CT molecular complexity index is 1010. The second-order valence-corrected chi connectivity index (χ2v) is 7.80. The normalized spacial score (nSPS) is 18.9. The molecular weight excluding hydrogens is 392 g/mol. The summed E-state index contributed by atoms with van der Waals surface area (Å²) in [5, 5.41) is 2.79. The average Bonchev–Trinajstić information content (AvgIpc) is 3.02. The molecule has 1 heterocycles. The highest BCUT2D eigenvalue weighted by Crippen LogP contribution is 2.37. The fraction of sp³-hybridized carbons (Fsp3) is 0.364. The number of nitrogens with one attached hydrogen (secondary N) is 1.